The standard InChI is InChI=1S/C12H17NO4/c1-4-17-12(16)9(7-8(2)3)13-10(14)5-6-11(13)15/h5-6,8-9H,4,7H2,1-3H3. The molecule has 1 aliphatic heterocycles. The van der Waals surface area contributed by atoms with Crippen LogP contribution in [-0.4, -0.2) is 35.3 Å². The topological polar surface area (TPSA) is 63.7 Å². The third-order valence-electron chi connectivity index (χ3n) is 2.41. The number of esters is 1. The molecule has 0 aromatic heterocycles. The Morgan fingerprint density at radius 3 is 2.24 bits per heavy atom. The van der Waals surface area contributed by atoms with Gasteiger partial charge in [-0.1, -0.05) is 13.8 Å². The molecule has 0 saturated carbocycles. The second-order valence-electron chi connectivity index (χ2n) is 4.28. The van der Waals surface area contributed by atoms with Crippen LogP contribution < -0.4 is 0 Å². The average Bonchev–Trinajstić information content (AvgIpc) is 2.56. The van der Waals surface area contributed by atoms with Gasteiger partial charge in [0.15, 0.2) is 0 Å². The highest BCUT2D eigenvalue weighted by Gasteiger charge is 2.36. The van der Waals surface area contributed by atoms with Crippen molar-refractivity contribution in [2.45, 2.75) is 33.2 Å². The summed E-state index contributed by atoms with van der Waals surface area (Å²) in [5.41, 5.74) is 0. The lowest BCUT2D eigenvalue weighted by Gasteiger charge is -2.25. The Morgan fingerprint density at radius 1 is 1.29 bits per heavy atom. The molecule has 94 valence electrons. The molecule has 0 saturated heterocycles. The van der Waals surface area contributed by atoms with Crippen molar-refractivity contribution < 1.29 is 19.1 Å². The van der Waals surface area contributed by atoms with Gasteiger partial charge in [0.05, 0.1) is 6.61 Å². The smallest absolute Gasteiger partial charge is 0.329 e. The zero-order valence-corrected chi connectivity index (χ0v) is 10.3. The van der Waals surface area contributed by atoms with Gasteiger partial charge in [0.1, 0.15) is 6.04 Å². The Kier molecular flexibility index (Phi) is 4.43. The number of amides is 2. The lowest BCUT2D eigenvalue weighted by molar-refractivity contribution is -0.157. The average molecular weight is 239 g/mol. The molecule has 0 N–H and O–H groups in total. The van der Waals surface area contributed by atoms with Crippen molar-refractivity contribution in [3.05, 3.63) is 12.2 Å². The third kappa shape index (κ3) is 3.15. The molecule has 1 heterocycles. The minimum absolute atomic E-state index is 0.186. The Morgan fingerprint density at radius 2 is 1.82 bits per heavy atom. The second kappa shape index (κ2) is 5.61. The van der Waals surface area contributed by atoms with E-state index in [1.165, 1.54) is 12.2 Å². The molecule has 1 rings (SSSR count). The summed E-state index contributed by atoms with van der Waals surface area (Å²) in [6.07, 6.45) is 2.77. The van der Waals surface area contributed by atoms with Crippen LogP contribution in [0.15, 0.2) is 12.2 Å². The number of rotatable bonds is 5. The maximum absolute atomic E-state index is 11.8. The first kappa shape index (κ1) is 13.4. The first-order chi connectivity index (χ1) is 7.97. The highest BCUT2D eigenvalue weighted by atomic mass is 16.5. The van der Waals surface area contributed by atoms with Gasteiger partial charge in [-0.15, -0.1) is 0 Å². The summed E-state index contributed by atoms with van der Waals surface area (Å²) >= 11 is 0. The lowest BCUT2D eigenvalue weighted by atomic mass is 10.0. The van der Waals surface area contributed by atoms with Crippen LogP contribution >= 0.6 is 0 Å². The molecule has 17 heavy (non-hydrogen) atoms. The van der Waals surface area contributed by atoms with Crippen LogP contribution in [0.3, 0.4) is 0 Å². The van der Waals surface area contributed by atoms with E-state index in [-0.39, 0.29) is 12.5 Å². The third-order valence-corrected chi connectivity index (χ3v) is 2.41. The summed E-state index contributed by atoms with van der Waals surface area (Å²) in [5.74, 6) is -1.24. The van der Waals surface area contributed by atoms with Crippen LogP contribution in [-0.2, 0) is 19.1 Å². The number of nitrogens with zero attached hydrogens (tertiary/aromatic N) is 1. The summed E-state index contributed by atoms with van der Waals surface area (Å²) in [7, 11) is 0. The highest BCUT2D eigenvalue weighted by Crippen LogP contribution is 2.17. The predicted molar refractivity (Wildman–Crippen MR) is 60.9 cm³/mol. The maximum atomic E-state index is 11.8. The van der Waals surface area contributed by atoms with Crippen LogP contribution in [0.4, 0.5) is 0 Å². The zero-order valence-electron chi connectivity index (χ0n) is 10.3. The summed E-state index contributed by atoms with van der Waals surface area (Å²) in [4.78, 5) is 35.8. The van der Waals surface area contributed by atoms with E-state index in [2.05, 4.69) is 0 Å². The highest BCUT2D eigenvalue weighted by molar-refractivity contribution is 6.14. The number of hydrogen-bond donors (Lipinski definition) is 0. The number of carbonyl (C=O) groups excluding carboxylic acids is 3. The van der Waals surface area contributed by atoms with Crippen molar-refractivity contribution in [2.24, 2.45) is 5.92 Å². The Hall–Kier alpha value is -1.65. The van der Waals surface area contributed by atoms with Crippen LogP contribution in [0.25, 0.3) is 0 Å². The van der Waals surface area contributed by atoms with Gasteiger partial charge in [0, 0.05) is 12.2 Å². The van der Waals surface area contributed by atoms with Crippen LogP contribution in [0.1, 0.15) is 27.2 Å². The van der Waals surface area contributed by atoms with E-state index < -0.39 is 23.8 Å². The SMILES string of the molecule is CCOC(=O)C(CC(C)C)N1C(=O)C=CC1=O. The molecule has 0 fully saturated rings. The minimum atomic E-state index is -0.815. The molecule has 0 aromatic carbocycles. The normalized spacial score (nSPS) is 16.8. The Bertz CT molecular complexity index is 342. The van der Waals surface area contributed by atoms with Crippen LogP contribution in [0, 0.1) is 5.92 Å². The molecule has 0 aliphatic carbocycles. The fraction of sp³-hybridized carbons (Fsp3) is 0.583. The molecule has 0 spiro atoms. The van der Waals surface area contributed by atoms with Gasteiger partial charge in [0.2, 0.25) is 0 Å². The Labute approximate surface area is 100 Å². The Balaban J connectivity index is 2.86. The van der Waals surface area contributed by atoms with Gasteiger partial charge in [0.25, 0.3) is 11.8 Å². The van der Waals surface area contributed by atoms with Crippen molar-refractivity contribution in [3.63, 3.8) is 0 Å². The first-order valence-corrected chi connectivity index (χ1v) is 5.69. The molecular formula is C12H17NO4. The van der Waals surface area contributed by atoms with E-state index in [0.717, 1.165) is 4.90 Å². The van der Waals surface area contributed by atoms with Gasteiger partial charge in [-0.25, -0.2) is 4.79 Å². The monoisotopic (exact) mass is 239 g/mol. The van der Waals surface area contributed by atoms with Crippen LogP contribution in [0.2, 0.25) is 0 Å². The maximum Gasteiger partial charge on any atom is 0.329 e. The quantitative estimate of drug-likeness (QED) is 0.528. The minimum Gasteiger partial charge on any atom is -0.464 e. The van der Waals surface area contributed by atoms with Crippen molar-refractivity contribution in [3.8, 4) is 0 Å². The molecule has 1 atom stereocenters. The first-order valence-electron chi connectivity index (χ1n) is 5.69. The molecule has 0 aromatic rings. The molecule has 5 heteroatoms. The second-order valence-corrected chi connectivity index (χ2v) is 4.28. The van der Waals surface area contributed by atoms with Crippen molar-refractivity contribution in [2.75, 3.05) is 6.61 Å². The largest absolute Gasteiger partial charge is 0.464 e. The van der Waals surface area contributed by atoms with Crippen molar-refractivity contribution in [1.29, 1.82) is 0 Å². The zero-order chi connectivity index (χ0) is 13.0. The number of imide groups is 1. The molecule has 2 amide bonds. The fourth-order valence-corrected chi connectivity index (χ4v) is 1.71. The number of carbonyl (C=O) groups is 3. The number of ether oxygens (including phenoxy) is 1. The fourth-order valence-electron chi connectivity index (χ4n) is 1.71. The number of hydrogen-bond acceptors (Lipinski definition) is 4. The van der Waals surface area contributed by atoms with Gasteiger partial charge >= 0.3 is 5.97 Å². The summed E-state index contributed by atoms with van der Waals surface area (Å²) < 4.78 is 4.90. The van der Waals surface area contributed by atoms with E-state index in [9.17, 15) is 14.4 Å². The van der Waals surface area contributed by atoms with Gasteiger partial charge in [-0.05, 0) is 19.3 Å². The molecule has 0 radical (unpaired) electrons. The van der Waals surface area contributed by atoms with E-state index >= 15 is 0 Å². The van der Waals surface area contributed by atoms with E-state index in [1.54, 1.807) is 6.92 Å². The van der Waals surface area contributed by atoms with E-state index in [4.69, 9.17) is 4.74 Å². The predicted octanol–water partition coefficient (Wildman–Crippen LogP) is 0.889. The van der Waals surface area contributed by atoms with Crippen molar-refractivity contribution >= 4 is 17.8 Å². The summed E-state index contributed by atoms with van der Waals surface area (Å²) in [5, 5.41) is 0. The molecular weight excluding hydrogens is 222 g/mol. The molecule has 0 bridgehead atoms. The molecule has 5 nitrogen and oxygen atoms in total. The summed E-state index contributed by atoms with van der Waals surface area (Å²) in [6.45, 7) is 5.77. The lowest BCUT2D eigenvalue weighted by Crippen LogP contribution is -2.46. The summed E-state index contributed by atoms with van der Waals surface area (Å²) in [6, 6.07) is -0.815. The van der Waals surface area contributed by atoms with Gasteiger partial charge in [-0.2, -0.15) is 0 Å². The molecule has 1 aliphatic rings. The van der Waals surface area contributed by atoms with Crippen molar-refractivity contribution in [1.82, 2.24) is 4.90 Å². The van der Waals surface area contributed by atoms with Gasteiger partial charge < -0.3 is 4.74 Å². The van der Waals surface area contributed by atoms with E-state index in [0.29, 0.717) is 6.42 Å². The van der Waals surface area contributed by atoms with E-state index in [1.807, 2.05) is 13.8 Å². The molecule has 1 unspecified atom stereocenters. The van der Waals surface area contributed by atoms with Crippen LogP contribution in [0.5, 0.6) is 0 Å². The van der Waals surface area contributed by atoms with Gasteiger partial charge in [-0.3, -0.25) is 14.5 Å².